The van der Waals surface area contributed by atoms with Gasteiger partial charge in [0.2, 0.25) is 0 Å². The monoisotopic (exact) mass is 700 g/mol. The summed E-state index contributed by atoms with van der Waals surface area (Å²) < 4.78 is 2.40. The number of anilines is 3. The lowest BCUT2D eigenvalue weighted by molar-refractivity contribution is 0.768. The van der Waals surface area contributed by atoms with Gasteiger partial charge in [-0.1, -0.05) is 164 Å². The van der Waals surface area contributed by atoms with Gasteiger partial charge in [0.15, 0.2) is 0 Å². The molecule has 0 spiro atoms. The molecule has 1 heterocycles. The molecule has 1 aliphatic rings. The van der Waals surface area contributed by atoms with Crippen molar-refractivity contribution in [3.8, 4) is 16.8 Å². The van der Waals surface area contributed by atoms with Crippen LogP contribution in [-0.4, -0.2) is 4.57 Å². The van der Waals surface area contributed by atoms with Crippen LogP contribution in [-0.2, 0) is 5.41 Å². The maximum absolute atomic E-state index is 2.46. The molecule has 1 aromatic heterocycles. The zero-order chi connectivity index (χ0) is 36.3. The van der Waals surface area contributed by atoms with Crippen molar-refractivity contribution in [2.45, 2.75) is 5.41 Å². The summed E-state index contributed by atoms with van der Waals surface area (Å²) in [6, 6.07) is 80.1. The first-order chi connectivity index (χ1) is 27.3. The Kier molecular flexibility index (Phi) is 7.11. The van der Waals surface area contributed by atoms with E-state index in [0.29, 0.717) is 0 Å². The van der Waals surface area contributed by atoms with Gasteiger partial charge >= 0.3 is 0 Å². The number of hydrogen-bond donors (Lipinski definition) is 0. The van der Waals surface area contributed by atoms with E-state index in [4.69, 9.17) is 0 Å². The number of rotatable bonds is 6. The molecule has 11 rings (SSSR count). The Labute approximate surface area is 320 Å². The number of aromatic nitrogens is 1. The van der Waals surface area contributed by atoms with Gasteiger partial charge in [0.05, 0.1) is 16.4 Å². The normalized spacial score (nSPS) is 12.9. The van der Waals surface area contributed by atoms with Crippen LogP contribution in [0.2, 0.25) is 0 Å². The minimum atomic E-state index is -0.497. The highest BCUT2D eigenvalue weighted by Gasteiger charge is 2.46. The molecule has 2 heteroatoms. The first kappa shape index (κ1) is 31.4. The first-order valence-electron chi connectivity index (χ1n) is 19.0. The molecule has 0 amide bonds. The van der Waals surface area contributed by atoms with E-state index in [1.165, 1.54) is 66.0 Å². The summed E-state index contributed by atoms with van der Waals surface area (Å²) in [7, 11) is 0. The SMILES string of the molecule is c1ccc(-n2c3ccccc3c3ccc(N(c4ccc5c(c4)C(c4ccccc4)(c4ccccc4)c4ccccc4-5)c4ccc5ccccc5c4)cc32)cc1. The Morgan fingerprint density at radius 3 is 1.67 bits per heavy atom. The standard InChI is InChI=1S/C53H36N2/c1-4-18-39(19-5-1)53(40-20-6-2-7-21-40)49-26-14-12-24-45(49)46-32-30-43(35-50(46)53)54(42-29-28-37-16-10-11-17-38(37)34-42)44-31-33-48-47-25-13-15-27-51(47)55(52(48)36-44)41-22-8-3-9-23-41/h1-36H. The molecule has 0 radical (unpaired) electrons. The van der Waals surface area contributed by atoms with Gasteiger partial charge in [-0.25, -0.2) is 0 Å². The molecular formula is C53H36N2. The maximum atomic E-state index is 2.46. The Hall–Kier alpha value is -7.16. The highest BCUT2D eigenvalue weighted by atomic mass is 15.1. The maximum Gasteiger partial charge on any atom is 0.0714 e. The van der Waals surface area contributed by atoms with Crippen LogP contribution < -0.4 is 4.90 Å². The second kappa shape index (κ2) is 12.5. The predicted octanol–water partition coefficient (Wildman–Crippen LogP) is 13.8. The topological polar surface area (TPSA) is 8.17 Å². The zero-order valence-corrected chi connectivity index (χ0v) is 30.2. The summed E-state index contributed by atoms with van der Waals surface area (Å²) in [5.74, 6) is 0. The third-order valence-electron chi connectivity index (χ3n) is 11.6. The Morgan fingerprint density at radius 2 is 0.891 bits per heavy atom. The summed E-state index contributed by atoms with van der Waals surface area (Å²) >= 11 is 0. The molecule has 0 atom stereocenters. The number of fused-ring (bicyclic) bond motifs is 7. The van der Waals surface area contributed by atoms with E-state index in [1.807, 2.05) is 0 Å². The van der Waals surface area contributed by atoms with Gasteiger partial charge in [-0.15, -0.1) is 0 Å². The molecule has 0 saturated heterocycles. The van der Waals surface area contributed by atoms with Crippen molar-refractivity contribution in [2.75, 3.05) is 4.90 Å². The molecule has 2 nitrogen and oxygen atoms in total. The molecule has 0 unspecified atom stereocenters. The predicted molar refractivity (Wildman–Crippen MR) is 230 cm³/mol. The Bertz CT molecular complexity index is 2990. The van der Waals surface area contributed by atoms with E-state index in [0.717, 1.165) is 22.7 Å². The lowest BCUT2D eigenvalue weighted by Gasteiger charge is -2.35. The molecule has 1 aliphatic carbocycles. The van der Waals surface area contributed by atoms with Crippen LogP contribution in [0.3, 0.4) is 0 Å². The van der Waals surface area contributed by atoms with Crippen LogP contribution in [0.15, 0.2) is 218 Å². The summed E-state index contributed by atoms with van der Waals surface area (Å²) in [5.41, 5.74) is 14.0. The minimum Gasteiger partial charge on any atom is -0.310 e. The van der Waals surface area contributed by atoms with Crippen molar-refractivity contribution in [1.29, 1.82) is 0 Å². The summed E-state index contributed by atoms with van der Waals surface area (Å²) in [4.78, 5) is 2.45. The van der Waals surface area contributed by atoms with Crippen molar-refractivity contribution in [3.05, 3.63) is 241 Å². The Balaban J connectivity index is 1.20. The average Bonchev–Trinajstić information content (AvgIpc) is 3.75. The fraction of sp³-hybridized carbons (Fsp3) is 0.0189. The van der Waals surface area contributed by atoms with Crippen molar-refractivity contribution >= 4 is 49.6 Å². The minimum absolute atomic E-state index is 0.497. The largest absolute Gasteiger partial charge is 0.310 e. The molecule has 0 bridgehead atoms. The van der Waals surface area contributed by atoms with Crippen LogP contribution in [0.25, 0.3) is 49.4 Å². The highest BCUT2D eigenvalue weighted by Crippen LogP contribution is 2.57. The summed E-state index contributed by atoms with van der Waals surface area (Å²) in [6.07, 6.45) is 0. The molecule has 0 N–H and O–H groups in total. The van der Waals surface area contributed by atoms with E-state index >= 15 is 0 Å². The smallest absolute Gasteiger partial charge is 0.0714 e. The van der Waals surface area contributed by atoms with Crippen molar-refractivity contribution in [2.24, 2.45) is 0 Å². The van der Waals surface area contributed by atoms with Gasteiger partial charge in [0, 0.05) is 33.5 Å². The number of nitrogens with zero attached hydrogens (tertiary/aromatic N) is 2. The van der Waals surface area contributed by atoms with Gasteiger partial charge in [-0.05, 0) is 98.8 Å². The average molecular weight is 701 g/mol. The molecule has 10 aromatic rings. The van der Waals surface area contributed by atoms with Crippen molar-refractivity contribution in [1.82, 2.24) is 4.57 Å². The fourth-order valence-corrected chi connectivity index (χ4v) is 9.29. The van der Waals surface area contributed by atoms with Crippen molar-refractivity contribution in [3.63, 3.8) is 0 Å². The van der Waals surface area contributed by atoms with E-state index in [9.17, 15) is 0 Å². The second-order valence-electron chi connectivity index (χ2n) is 14.5. The molecular weight excluding hydrogens is 665 g/mol. The molecule has 258 valence electrons. The van der Waals surface area contributed by atoms with Crippen LogP contribution >= 0.6 is 0 Å². The third-order valence-corrected chi connectivity index (χ3v) is 11.6. The van der Waals surface area contributed by atoms with E-state index in [1.54, 1.807) is 0 Å². The summed E-state index contributed by atoms with van der Waals surface area (Å²) in [6.45, 7) is 0. The van der Waals surface area contributed by atoms with Crippen LogP contribution in [0.5, 0.6) is 0 Å². The molecule has 0 aliphatic heterocycles. The van der Waals surface area contributed by atoms with Gasteiger partial charge < -0.3 is 9.47 Å². The van der Waals surface area contributed by atoms with E-state index in [2.05, 4.69) is 228 Å². The Morgan fingerprint density at radius 1 is 0.345 bits per heavy atom. The van der Waals surface area contributed by atoms with Gasteiger partial charge in [0.1, 0.15) is 0 Å². The van der Waals surface area contributed by atoms with E-state index in [-0.39, 0.29) is 0 Å². The lowest BCUT2D eigenvalue weighted by Crippen LogP contribution is -2.28. The van der Waals surface area contributed by atoms with Crippen LogP contribution in [0, 0.1) is 0 Å². The summed E-state index contributed by atoms with van der Waals surface area (Å²) in [5, 5.41) is 4.91. The van der Waals surface area contributed by atoms with Gasteiger partial charge in [-0.2, -0.15) is 0 Å². The first-order valence-corrected chi connectivity index (χ1v) is 19.0. The van der Waals surface area contributed by atoms with Crippen LogP contribution in [0.4, 0.5) is 17.1 Å². The second-order valence-corrected chi connectivity index (χ2v) is 14.5. The molecule has 0 saturated carbocycles. The third kappa shape index (κ3) is 4.75. The van der Waals surface area contributed by atoms with Gasteiger partial charge in [0.25, 0.3) is 0 Å². The van der Waals surface area contributed by atoms with Crippen molar-refractivity contribution < 1.29 is 0 Å². The molecule has 0 fully saturated rings. The quantitative estimate of drug-likeness (QED) is 0.168. The van der Waals surface area contributed by atoms with Gasteiger partial charge in [-0.3, -0.25) is 0 Å². The van der Waals surface area contributed by atoms with E-state index < -0.39 is 5.41 Å². The highest BCUT2D eigenvalue weighted by molar-refractivity contribution is 6.10. The number of para-hydroxylation sites is 2. The molecule has 55 heavy (non-hydrogen) atoms. The number of benzene rings is 9. The zero-order valence-electron chi connectivity index (χ0n) is 30.2. The fourth-order valence-electron chi connectivity index (χ4n) is 9.29. The number of hydrogen-bond acceptors (Lipinski definition) is 1. The molecule has 9 aromatic carbocycles. The lowest BCUT2D eigenvalue weighted by atomic mass is 9.67. The van der Waals surface area contributed by atoms with Crippen LogP contribution in [0.1, 0.15) is 22.3 Å².